The number of nitrogens with zero attached hydrogens (tertiary/aromatic N) is 2. The molecule has 0 fully saturated rings. The number of furan rings is 1. The fraction of sp³-hybridized carbons (Fsp3) is 0. The quantitative estimate of drug-likeness (QED) is 0.653. The van der Waals surface area contributed by atoms with Gasteiger partial charge in [0.2, 0.25) is 0 Å². The molecule has 0 spiro atoms. The summed E-state index contributed by atoms with van der Waals surface area (Å²) in [4.78, 5) is 4.29. The van der Waals surface area contributed by atoms with Crippen LogP contribution >= 0.6 is 0 Å². The van der Waals surface area contributed by atoms with Crippen LogP contribution in [0.5, 0.6) is 0 Å². The molecule has 0 aliphatic rings. The number of nitrogens with two attached hydrogens (primary N) is 1. The Morgan fingerprint density at radius 1 is 1.20 bits per heavy atom. The number of anilines is 1. The van der Waals surface area contributed by atoms with Gasteiger partial charge in [-0.3, -0.25) is 4.40 Å². The van der Waals surface area contributed by atoms with Gasteiger partial charge in [-0.25, -0.2) is 4.98 Å². The average molecular weight is 199 g/mol. The van der Waals surface area contributed by atoms with Crippen LogP contribution < -0.4 is 5.73 Å². The Bertz CT molecular complexity index is 595. The first-order valence-corrected chi connectivity index (χ1v) is 4.62. The normalized spacial score (nSPS) is 10.9. The predicted octanol–water partition coefficient (Wildman–Crippen LogP) is 2.18. The molecule has 3 aromatic rings. The maximum absolute atomic E-state index is 5.89. The van der Waals surface area contributed by atoms with Crippen molar-refractivity contribution >= 4 is 11.3 Å². The Labute approximate surface area is 86.0 Å². The van der Waals surface area contributed by atoms with E-state index in [1.54, 1.807) is 12.5 Å². The van der Waals surface area contributed by atoms with Crippen molar-refractivity contribution in [3.05, 3.63) is 42.8 Å². The molecular formula is C11H9N3O. The molecule has 3 aromatic heterocycles. The number of hydrogen-bond acceptors (Lipinski definition) is 3. The van der Waals surface area contributed by atoms with Crippen molar-refractivity contribution in [1.29, 1.82) is 0 Å². The summed E-state index contributed by atoms with van der Waals surface area (Å²) < 4.78 is 7.16. The number of pyridine rings is 1. The second-order valence-electron chi connectivity index (χ2n) is 3.27. The lowest BCUT2D eigenvalue weighted by Crippen LogP contribution is -1.97. The highest BCUT2D eigenvalue weighted by Crippen LogP contribution is 2.22. The summed E-state index contributed by atoms with van der Waals surface area (Å²) >= 11 is 0. The lowest BCUT2D eigenvalue weighted by atomic mass is 10.4. The molecule has 0 unspecified atom stereocenters. The van der Waals surface area contributed by atoms with Gasteiger partial charge in [-0.05, 0) is 24.3 Å². The first kappa shape index (κ1) is 8.11. The van der Waals surface area contributed by atoms with Crippen molar-refractivity contribution in [3.8, 4) is 11.6 Å². The standard InChI is InChI=1S/C11H9N3O/c12-10-5-1-3-8-7-13-11(14(8)10)9-4-2-6-15-9/h1-7H,12H2. The highest BCUT2D eigenvalue weighted by Gasteiger charge is 2.09. The van der Waals surface area contributed by atoms with E-state index in [9.17, 15) is 0 Å². The van der Waals surface area contributed by atoms with Crippen molar-refractivity contribution in [1.82, 2.24) is 9.38 Å². The summed E-state index contributed by atoms with van der Waals surface area (Å²) in [5.41, 5.74) is 6.85. The van der Waals surface area contributed by atoms with Crippen LogP contribution in [0.15, 0.2) is 47.2 Å². The number of hydrogen-bond donors (Lipinski definition) is 1. The Kier molecular flexibility index (Phi) is 1.56. The van der Waals surface area contributed by atoms with Crippen molar-refractivity contribution in [2.75, 3.05) is 5.73 Å². The third kappa shape index (κ3) is 1.11. The Balaban J connectivity index is 2.37. The molecule has 0 bridgehead atoms. The van der Waals surface area contributed by atoms with Crippen LogP contribution in [-0.4, -0.2) is 9.38 Å². The van der Waals surface area contributed by atoms with Gasteiger partial charge in [-0.1, -0.05) is 6.07 Å². The van der Waals surface area contributed by atoms with E-state index in [0.29, 0.717) is 11.6 Å². The number of imidazole rings is 1. The van der Waals surface area contributed by atoms with E-state index in [1.807, 2.05) is 34.7 Å². The van der Waals surface area contributed by atoms with Crippen molar-refractivity contribution in [2.24, 2.45) is 0 Å². The lowest BCUT2D eigenvalue weighted by molar-refractivity contribution is 0.577. The van der Waals surface area contributed by atoms with Gasteiger partial charge in [0.1, 0.15) is 5.82 Å². The third-order valence-electron chi connectivity index (χ3n) is 2.32. The summed E-state index contributed by atoms with van der Waals surface area (Å²) in [7, 11) is 0. The van der Waals surface area contributed by atoms with Gasteiger partial charge >= 0.3 is 0 Å². The Morgan fingerprint density at radius 2 is 2.13 bits per heavy atom. The monoisotopic (exact) mass is 199 g/mol. The molecule has 2 N–H and O–H groups in total. The molecule has 4 nitrogen and oxygen atoms in total. The van der Waals surface area contributed by atoms with E-state index >= 15 is 0 Å². The van der Waals surface area contributed by atoms with Crippen LogP contribution in [0.2, 0.25) is 0 Å². The minimum Gasteiger partial charge on any atom is -0.461 e. The molecule has 0 saturated heterocycles. The van der Waals surface area contributed by atoms with Gasteiger partial charge in [-0.2, -0.15) is 0 Å². The zero-order valence-corrected chi connectivity index (χ0v) is 7.92. The van der Waals surface area contributed by atoms with Gasteiger partial charge in [0.25, 0.3) is 0 Å². The van der Waals surface area contributed by atoms with E-state index in [4.69, 9.17) is 10.2 Å². The molecule has 15 heavy (non-hydrogen) atoms. The van der Waals surface area contributed by atoms with Gasteiger partial charge < -0.3 is 10.2 Å². The Morgan fingerprint density at radius 3 is 2.93 bits per heavy atom. The minimum absolute atomic E-state index is 0.649. The fourth-order valence-corrected chi connectivity index (χ4v) is 1.65. The maximum Gasteiger partial charge on any atom is 0.182 e. The molecule has 0 amide bonds. The van der Waals surface area contributed by atoms with Crippen molar-refractivity contribution in [2.45, 2.75) is 0 Å². The van der Waals surface area contributed by atoms with Crippen molar-refractivity contribution in [3.63, 3.8) is 0 Å². The van der Waals surface area contributed by atoms with Crippen LogP contribution in [0.1, 0.15) is 0 Å². The SMILES string of the molecule is Nc1cccc2cnc(-c3ccco3)n12. The summed E-state index contributed by atoms with van der Waals surface area (Å²) in [6, 6.07) is 9.38. The molecular weight excluding hydrogens is 190 g/mol. The lowest BCUT2D eigenvalue weighted by Gasteiger charge is -2.01. The number of rotatable bonds is 1. The fourth-order valence-electron chi connectivity index (χ4n) is 1.65. The first-order chi connectivity index (χ1) is 7.36. The van der Waals surface area contributed by atoms with E-state index < -0.39 is 0 Å². The molecule has 0 saturated carbocycles. The highest BCUT2D eigenvalue weighted by atomic mass is 16.3. The number of nitrogen functional groups attached to an aromatic ring is 1. The first-order valence-electron chi connectivity index (χ1n) is 4.62. The highest BCUT2D eigenvalue weighted by molar-refractivity contribution is 5.62. The van der Waals surface area contributed by atoms with Crippen LogP contribution in [-0.2, 0) is 0 Å². The summed E-state index contributed by atoms with van der Waals surface area (Å²) in [5, 5.41) is 0. The largest absolute Gasteiger partial charge is 0.461 e. The molecule has 0 aliphatic carbocycles. The van der Waals surface area contributed by atoms with Crippen LogP contribution in [0.4, 0.5) is 5.82 Å². The number of aromatic nitrogens is 2. The maximum atomic E-state index is 5.89. The molecule has 3 rings (SSSR count). The second kappa shape index (κ2) is 2.88. The van der Waals surface area contributed by atoms with Crippen LogP contribution in [0, 0.1) is 0 Å². The minimum atomic E-state index is 0.649. The van der Waals surface area contributed by atoms with Gasteiger partial charge in [0, 0.05) is 0 Å². The second-order valence-corrected chi connectivity index (χ2v) is 3.27. The average Bonchev–Trinajstić information content (AvgIpc) is 2.85. The third-order valence-corrected chi connectivity index (χ3v) is 2.32. The van der Waals surface area contributed by atoms with E-state index in [0.717, 1.165) is 11.3 Å². The molecule has 0 aromatic carbocycles. The summed E-state index contributed by atoms with van der Waals surface area (Å²) in [5.74, 6) is 2.09. The van der Waals surface area contributed by atoms with E-state index in [1.165, 1.54) is 0 Å². The molecule has 74 valence electrons. The Hall–Kier alpha value is -2.23. The molecule has 3 heterocycles. The van der Waals surface area contributed by atoms with E-state index in [2.05, 4.69) is 4.98 Å². The predicted molar refractivity (Wildman–Crippen MR) is 57.3 cm³/mol. The molecule has 0 aliphatic heterocycles. The topological polar surface area (TPSA) is 56.5 Å². The van der Waals surface area contributed by atoms with Crippen molar-refractivity contribution < 1.29 is 4.42 Å². The zero-order chi connectivity index (χ0) is 10.3. The van der Waals surface area contributed by atoms with Gasteiger partial charge in [0.05, 0.1) is 18.0 Å². The van der Waals surface area contributed by atoms with Gasteiger partial charge in [0.15, 0.2) is 11.6 Å². The van der Waals surface area contributed by atoms with Crippen LogP contribution in [0.3, 0.4) is 0 Å². The van der Waals surface area contributed by atoms with Crippen LogP contribution in [0.25, 0.3) is 17.1 Å². The molecule has 0 radical (unpaired) electrons. The summed E-state index contributed by atoms with van der Waals surface area (Å²) in [6.45, 7) is 0. The van der Waals surface area contributed by atoms with Gasteiger partial charge in [-0.15, -0.1) is 0 Å². The smallest absolute Gasteiger partial charge is 0.182 e. The van der Waals surface area contributed by atoms with E-state index in [-0.39, 0.29) is 0 Å². The molecule has 0 atom stereocenters. The zero-order valence-electron chi connectivity index (χ0n) is 7.92. The summed E-state index contributed by atoms with van der Waals surface area (Å²) in [6.07, 6.45) is 3.39. The number of fused-ring (bicyclic) bond motifs is 1. The molecule has 4 heteroatoms.